The largest absolute Gasteiger partial charge is 0.461 e. The SMILES string of the molecule is O=C(CCc1c[nH]c2ccccc12)OC/C=C/c1ccccc1. The number of hydrogen-bond acceptors (Lipinski definition) is 2. The number of carbonyl (C=O) groups is 1. The van der Waals surface area contributed by atoms with E-state index in [4.69, 9.17) is 4.74 Å². The third-order valence-corrected chi connectivity index (χ3v) is 3.72. The highest BCUT2D eigenvalue weighted by Gasteiger charge is 2.07. The van der Waals surface area contributed by atoms with Crippen LogP contribution in [0.2, 0.25) is 0 Å². The van der Waals surface area contributed by atoms with Gasteiger partial charge in [0.2, 0.25) is 0 Å². The number of para-hydroxylation sites is 1. The van der Waals surface area contributed by atoms with Gasteiger partial charge in [-0.3, -0.25) is 4.79 Å². The monoisotopic (exact) mass is 305 g/mol. The van der Waals surface area contributed by atoms with Crippen LogP contribution in [0.4, 0.5) is 0 Å². The Morgan fingerprint density at radius 1 is 1.04 bits per heavy atom. The van der Waals surface area contributed by atoms with Crippen LogP contribution in [-0.4, -0.2) is 17.6 Å². The summed E-state index contributed by atoms with van der Waals surface area (Å²) in [7, 11) is 0. The average Bonchev–Trinajstić information content (AvgIpc) is 3.01. The highest BCUT2D eigenvalue weighted by Crippen LogP contribution is 2.19. The van der Waals surface area contributed by atoms with Gasteiger partial charge in [0.1, 0.15) is 6.61 Å². The Balaban J connectivity index is 1.46. The highest BCUT2D eigenvalue weighted by molar-refractivity contribution is 5.83. The predicted octanol–water partition coefficient (Wildman–Crippen LogP) is 4.36. The van der Waals surface area contributed by atoms with Gasteiger partial charge in [-0.25, -0.2) is 0 Å². The molecule has 3 nitrogen and oxygen atoms in total. The summed E-state index contributed by atoms with van der Waals surface area (Å²) in [6.07, 6.45) is 6.85. The van der Waals surface area contributed by atoms with E-state index in [1.54, 1.807) is 0 Å². The van der Waals surface area contributed by atoms with Crippen molar-refractivity contribution in [2.75, 3.05) is 6.61 Å². The fraction of sp³-hybridized carbons (Fsp3) is 0.150. The second-order valence-electron chi connectivity index (χ2n) is 5.36. The van der Waals surface area contributed by atoms with Gasteiger partial charge in [-0.15, -0.1) is 0 Å². The lowest BCUT2D eigenvalue weighted by Gasteiger charge is -2.02. The summed E-state index contributed by atoms with van der Waals surface area (Å²) in [4.78, 5) is 15.0. The zero-order valence-corrected chi connectivity index (χ0v) is 12.9. The normalized spacial score (nSPS) is 11.1. The molecule has 0 saturated heterocycles. The number of H-pyrrole nitrogens is 1. The van der Waals surface area contributed by atoms with Crippen LogP contribution in [-0.2, 0) is 16.0 Å². The van der Waals surface area contributed by atoms with Gasteiger partial charge in [-0.05, 0) is 29.7 Å². The van der Waals surface area contributed by atoms with Crippen LogP contribution >= 0.6 is 0 Å². The number of aryl methyl sites for hydroxylation is 1. The van der Waals surface area contributed by atoms with Crippen molar-refractivity contribution in [2.45, 2.75) is 12.8 Å². The van der Waals surface area contributed by atoms with Crippen molar-refractivity contribution in [3.63, 3.8) is 0 Å². The van der Waals surface area contributed by atoms with Gasteiger partial charge in [0, 0.05) is 23.5 Å². The molecule has 0 atom stereocenters. The van der Waals surface area contributed by atoms with Crippen molar-refractivity contribution in [1.82, 2.24) is 4.98 Å². The summed E-state index contributed by atoms with van der Waals surface area (Å²) in [6.45, 7) is 0.307. The molecule has 0 radical (unpaired) electrons. The van der Waals surface area contributed by atoms with E-state index < -0.39 is 0 Å². The standard InChI is InChI=1S/C20H19NO2/c22-20(23-14-6-9-16-7-2-1-3-8-16)13-12-17-15-21-19-11-5-4-10-18(17)19/h1-11,15,21H,12-14H2/b9-6+. The Bertz CT molecular complexity index is 803. The molecule has 2 aromatic carbocycles. The van der Waals surface area contributed by atoms with E-state index in [1.807, 2.05) is 66.9 Å². The lowest BCUT2D eigenvalue weighted by Crippen LogP contribution is -2.05. The number of esters is 1. The molecule has 0 saturated carbocycles. The quantitative estimate of drug-likeness (QED) is 0.688. The van der Waals surface area contributed by atoms with E-state index in [9.17, 15) is 4.79 Å². The summed E-state index contributed by atoms with van der Waals surface area (Å²) in [5.74, 6) is -0.173. The molecule has 3 aromatic rings. The molecular weight excluding hydrogens is 286 g/mol. The van der Waals surface area contributed by atoms with Gasteiger partial charge >= 0.3 is 5.97 Å². The Kier molecular flexibility index (Phi) is 4.89. The molecular formula is C20H19NO2. The summed E-state index contributed by atoms with van der Waals surface area (Å²) in [5.41, 5.74) is 3.35. The van der Waals surface area contributed by atoms with E-state index in [1.165, 1.54) is 5.39 Å². The van der Waals surface area contributed by atoms with Crippen LogP contribution in [0.5, 0.6) is 0 Å². The van der Waals surface area contributed by atoms with Gasteiger partial charge in [-0.2, -0.15) is 0 Å². The fourth-order valence-electron chi connectivity index (χ4n) is 2.54. The first-order valence-electron chi connectivity index (χ1n) is 7.75. The Morgan fingerprint density at radius 2 is 1.83 bits per heavy atom. The maximum atomic E-state index is 11.8. The summed E-state index contributed by atoms with van der Waals surface area (Å²) >= 11 is 0. The lowest BCUT2D eigenvalue weighted by atomic mass is 10.1. The number of benzene rings is 2. The van der Waals surface area contributed by atoms with Crippen molar-refractivity contribution < 1.29 is 9.53 Å². The van der Waals surface area contributed by atoms with Gasteiger partial charge in [-0.1, -0.05) is 54.6 Å². The number of aromatic amines is 1. The maximum absolute atomic E-state index is 11.8. The Hall–Kier alpha value is -2.81. The second kappa shape index (κ2) is 7.45. The maximum Gasteiger partial charge on any atom is 0.306 e. The molecule has 3 heteroatoms. The molecule has 0 unspecified atom stereocenters. The van der Waals surface area contributed by atoms with E-state index in [2.05, 4.69) is 11.1 Å². The van der Waals surface area contributed by atoms with Crippen molar-refractivity contribution in [1.29, 1.82) is 0 Å². The van der Waals surface area contributed by atoms with Crippen LogP contribution < -0.4 is 0 Å². The molecule has 1 aromatic heterocycles. The first-order chi connectivity index (χ1) is 11.3. The molecule has 1 N–H and O–H groups in total. The number of nitrogens with one attached hydrogen (secondary N) is 1. The van der Waals surface area contributed by atoms with Gasteiger partial charge < -0.3 is 9.72 Å². The Morgan fingerprint density at radius 3 is 2.70 bits per heavy atom. The van der Waals surface area contributed by atoms with Crippen molar-refractivity contribution >= 4 is 22.9 Å². The van der Waals surface area contributed by atoms with Crippen LogP contribution in [0.3, 0.4) is 0 Å². The van der Waals surface area contributed by atoms with Crippen LogP contribution in [0.1, 0.15) is 17.5 Å². The molecule has 0 aliphatic heterocycles. The van der Waals surface area contributed by atoms with Crippen LogP contribution in [0, 0.1) is 0 Å². The second-order valence-corrected chi connectivity index (χ2v) is 5.36. The number of hydrogen-bond donors (Lipinski definition) is 1. The molecule has 1 heterocycles. The topological polar surface area (TPSA) is 42.1 Å². The van der Waals surface area contributed by atoms with Gasteiger partial charge in [0.25, 0.3) is 0 Å². The minimum atomic E-state index is -0.173. The average molecular weight is 305 g/mol. The zero-order valence-electron chi connectivity index (χ0n) is 12.9. The first-order valence-corrected chi connectivity index (χ1v) is 7.75. The van der Waals surface area contributed by atoms with Crippen molar-refractivity contribution in [2.24, 2.45) is 0 Å². The van der Waals surface area contributed by atoms with Crippen LogP contribution in [0.25, 0.3) is 17.0 Å². The Labute approximate surface area is 135 Å². The van der Waals surface area contributed by atoms with Crippen molar-refractivity contribution in [3.8, 4) is 0 Å². The number of rotatable bonds is 6. The third-order valence-electron chi connectivity index (χ3n) is 3.72. The number of carbonyl (C=O) groups excluding carboxylic acids is 1. The molecule has 3 rings (SSSR count). The van der Waals surface area contributed by atoms with E-state index >= 15 is 0 Å². The molecule has 0 aliphatic carbocycles. The smallest absolute Gasteiger partial charge is 0.306 e. The molecule has 0 bridgehead atoms. The predicted molar refractivity (Wildman–Crippen MR) is 93.1 cm³/mol. The van der Waals surface area contributed by atoms with E-state index in [-0.39, 0.29) is 5.97 Å². The minimum Gasteiger partial charge on any atom is -0.461 e. The van der Waals surface area contributed by atoms with E-state index in [0.29, 0.717) is 19.4 Å². The highest BCUT2D eigenvalue weighted by atomic mass is 16.5. The van der Waals surface area contributed by atoms with E-state index in [0.717, 1.165) is 16.6 Å². The molecule has 116 valence electrons. The lowest BCUT2D eigenvalue weighted by molar-refractivity contribution is -0.142. The number of fused-ring (bicyclic) bond motifs is 1. The summed E-state index contributed by atoms with van der Waals surface area (Å²) in [6, 6.07) is 18.1. The third kappa shape index (κ3) is 4.10. The first kappa shape index (κ1) is 15.1. The minimum absolute atomic E-state index is 0.173. The molecule has 23 heavy (non-hydrogen) atoms. The van der Waals surface area contributed by atoms with Crippen molar-refractivity contribution in [3.05, 3.63) is 78.0 Å². The number of aromatic nitrogens is 1. The summed E-state index contributed by atoms with van der Waals surface area (Å²) < 4.78 is 5.24. The summed E-state index contributed by atoms with van der Waals surface area (Å²) in [5, 5.41) is 1.17. The van der Waals surface area contributed by atoms with Gasteiger partial charge in [0.15, 0.2) is 0 Å². The number of ether oxygens (including phenoxy) is 1. The van der Waals surface area contributed by atoms with Gasteiger partial charge in [0.05, 0.1) is 0 Å². The molecule has 0 aliphatic rings. The molecule has 0 amide bonds. The zero-order chi connectivity index (χ0) is 15.9. The molecule has 0 spiro atoms. The fourth-order valence-corrected chi connectivity index (χ4v) is 2.54. The molecule has 0 fully saturated rings. The van der Waals surface area contributed by atoms with Crippen LogP contribution in [0.15, 0.2) is 66.9 Å².